The van der Waals surface area contributed by atoms with Gasteiger partial charge in [-0.1, -0.05) is 19.9 Å². The average molecular weight is 218 g/mol. The number of hydrogen-bond acceptors (Lipinski definition) is 2. The lowest BCUT2D eigenvalue weighted by molar-refractivity contribution is 0.494. The van der Waals surface area contributed by atoms with Crippen LogP contribution in [0.25, 0.3) is 0 Å². The molecule has 16 heavy (non-hydrogen) atoms. The molecule has 0 bridgehead atoms. The Balaban J connectivity index is 2.19. The summed E-state index contributed by atoms with van der Waals surface area (Å²) in [5.41, 5.74) is 9.60. The van der Waals surface area contributed by atoms with E-state index in [1.807, 2.05) is 0 Å². The third kappa shape index (κ3) is 2.07. The number of nitrogens with two attached hydrogens (primary N) is 1. The molecule has 2 rings (SSSR count). The molecule has 1 aromatic rings. The molecular formula is C14H22N2. The van der Waals surface area contributed by atoms with Gasteiger partial charge in [-0.25, -0.2) is 0 Å². The molecule has 2 N–H and O–H groups in total. The first-order valence-electron chi connectivity index (χ1n) is 6.16. The highest BCUT2D eigenvalue weighted by Gasteiger charge is 2.26. The van der Waals surface area contributed by atoms with Crippen LogP contribution in [-0.2, 0) is 6.54 Å². The zero-order valence-electron chi connectivity index (χ0n) is 10.5. The highest BCUT2D eigenvalue weighted by Crippen LogP contribution is 2.28. The van der Waals surface area contributed by atoms with Gasteiger partial charge in [-0.05, 0) is 42.0 Å². The first-order chi connectivity index (χ1) is 7.61. The largest absolute Gasteiger partial charge is 0.371 e. The molecule has 2 nitrogen and oxygen atoms in total. The van der Waals surface area contributed by atoms with Crippen LogP contribution in [0.4, 0.5) is 5.69 Å². The second kappa shape index (κ2) is 4.46. The summed E-state index contributed by atoms with van der Waals surface area (Å²) in [5.74, 6) is 1.60. The van der Waals surface area contributed by atoms with Crippen molar-refractivity contribution in [3.63, 3.8) is 0 Å². The highest BCUT2D eigenvalue weighted by molar-refractivity contribution is 5.51. The van der Waals surface area contributed by atoms with Crippen molar-refractivity contribution in [3.8, 4) is 0 Å². The van der Waals surface area contributed by atoms with Gasteiger partial charge < -0.3 is 10.6 Å². The van der Waals surface area contributed by atoms with E-state index in [4.69, 9.17) is 5.73 Å². The fourth-order valence-corrected chi connectivity index (χ4v) is 2.45. The molecule has 1 saturated heterocycles. The van der Waals surface area contributed by atoms with Crippen LogP contribution < -0.4 is 10.6 Å². The van der Waals surface area contributed by atoms with Gasteiger partial charge in [-0.3, -0.25) is 0 Å². The lowest BCUT2D eigenvalue weighted by Gasteiger charge is -2.19. The van der Waals surface area contributed by atoms with E-state index in [-0.39, 0.29) is 0 Å². The fourth-order valence-electron chi connectivity index (χ4n) is 2.45. The van der Waals surface area contributed by atoms with Gasteiger partial charge in [0.05, 0.1) is 0 Å². The van der Waals surface area contributed by atoms with Crippen LogP contribution in [0.3, 0.4) is 0 Å². The van der Waals surface area contributed by atoms with Gasteiger partial charge in [-0.2, -0.15) is 0 Å². The minimum absolute atomic E-state index is 0.638. The van der Waals surface area contributed by atoms with E-state index >= 15 is 0 Å². The SMILES string of the molecule is Cc1cc(N2CC(C)C(C)C2)ccc1CN. The topological polar surface area (TPSA) is 29.3 Å². The van der Waals surface area contributed by atoms with Crippen molar-refractivity contribution in [2.45, 2.75) is 27.3 Å². The van der Waals surface area contributed by atoms with E-state index in [0.29, 0.717) is 6.54 Å². The molecule has 1 aromatic carbocycles. The first kappa shape index (κ1) is 11.5. The van der Waals surface area contributed by atoms with E-state index in [2.05, 4.69) is 43.9 Å². The molecule has 0 saturated carbocycles. The maximum absolute atomic E-state index is 5.68. The van der Waals surface area contributed by atoms with Crippen LogP contribution in [0, 0.1) is 18.8 Å². The van der Waals surface area contributed by atoms with Crippen molar-refractivity contribution in [1.29, 1.82) is 0 Å². The summed E-state index contributed by atoms with van der Waals surface area (Å²) >= 11 is 0. The van der Waals surface area contributed by atoms with Crippen molar-refractivity contribution in [2.24, 2.45) is 17.6 Å². The summed E-state index contributed by atoms with van der Waals surface area (Å²) < 4.78 is 0. The van der Waals surface area contributed by atoms with E-state index in [9.17, 15) is 0 Å². The Bertz CT molecular complexity index is 363. The predicted molar refractivity (Wildman–Crippen MR) is 69.6 cm³/mol. The molecular weight excluding hydrogens is 196 g/mol. The van der Waals surface area contributed by atoms with Gasteiger partial charge in [0.2, 0.25) is 0 Å². The van der Waals surface area contributed by atoms with E-state index in [1.54, 1.807) is 0 Å². The van der Waals surface area contributed by atoms with Crippen LogP contribution in [0.1, 0.15) is 25.0 Å². The van der Waals surface area contributed by atoms with Gasteiger partial charge in [0.1, 0.15) is 0 Å². The minimum Gasteiger partial charge on any atom is -0.371 e. The standard InChI is InChI=1S/C14H22N2/c1-10-6-14(5-4-13(10)7-15)16-8-11(2)12(3)9-16/h4-6,11-12H,7-9,15H2,1-3H3. The third-order valence-electron chi connectivity index (χ3n) is 3.90. The molecule has 0 aliphatic carbocycles. The molecule has 1 aliphatic heterocycles. The van der Waals surface area contributed by atoms with Gasteiger partial charge in [0.25, 0.3) is 0 Å². The Morgan fingerprint density at radius 2 is 1.88 bits per heavy atom. The molecule has 2 atom stereocenters. The van der Waals surface area contributed by atoms with Crippen LogP contribution >= 0.6 is 0 Å². The van der Waals surface area contributed by atoms with Gasteiger partial charge in [-0.15, -0.1) is 0 Å². The van der Waals surface area contributed by atoms with Gasteiger partial charge in [0.15, 0.2) is 0 Å². The van der Waals surface area contributed by atoms with Crippen LogP contribution in [0.5, 0.6) is 0 Å². The number of rotatable bonds is 2. The first-order valence-corrected chi connectivity index (χ1v) is 6.16. The Morgan fingerprint density at radius 3 is 2.38 bits per heavy atom. The summed E-state index contributed by atoms with van der Waals surface area (Å²) in [5, 5.41) is 0. The Labute approximate surface area is 98.4 Å². The number of nitrogens with zero attached hydrogens (tertiary/aromatic N) is 1. The molecule has 88 valence electrons. The normalized spacial score (nSPS) is 25.1. The van der Waals surface area contributed by atoms with Gasteiger partial charge >= 0.3 is 0 Å². The predicted octanol–water partition coefficient (Wildman–Crippen LogP) is 2.55. The lowest BCUT2D eigenvalue weighted by Crippen LogP contribution is -2.19. The molecule has 0 aromatic heterocycles. The Kier molecular flexibility index (Phi) is 3.20. The molecule has 0 radical (unpaired) electrons. The van der Waals surface area contributed by atoms with Crippen LogP contribution in [0.2, 0.25) is 0 Å². The Hall–Kier alpha value is -1.02. The molecule has 0 amide bonds. The van der Waals surface area contributed by atoms with Crippen molar-refractivity contribution >= 4 is 5.69 Å². The molecule has 1 aliphatic rings. The second-order valence-corrected chi connectivity index (χ2v) is 5.17. The minimum atomic E-state index is 0.638. The van der Waals surface area contributed by atoms with Crippen molar-refractivity contribution in [3.05, 3.63) is 29.3 Å². The van der Waals surface area contributed by atoms with E-state index < -0.39 is 0 Å². The van der Waals surface area contributed by atoms with Crippen molar-refractivity contribution in [1.82, 2.24) is 0 Å². The van der Waals surface area contributed by atoms with Crippen molar-refractivity contribution in [2.75, 3.05) is 18.0 Å². The maximum atomic E-state index is 5.68. The van der Waals surface area contributed by atoms with Crippen molar-refractivity contribution < 1.29 is 0 Å². The lowest BCUT2D eigenvalue weighted by atomic mass is 10.0. The number of benzene rings is 1. The van der Waals surface area contributed by atoms with E-state index in [0.717, 1.165) is 11.8 Å². The van der Waals surface area contributed by atoms with Gasteiger partial charge in [0, 0.05) is 25.3 Å². The number of anilines is 1. The smallest absolute Gasteiger partial charge is 0.0369 e. The maximum Gasteiger partial charge on any atom is 0.0369 e. The monoisotopic (exact) mass is 218 g/mol. The molecule has 1 heterocycles. The van der Waals surface area contributed by atoms with Crippen LogP contribution in [0.15, 0.2) is 18.2 Å². The fraction of sp³-hybridized carbons (Fsp3) is 0.571. The van der Waals surface area contributed by atoms with Crippen LogP contribution in [-0.4, -0.2) is 13.1 Å². The summed E-state index contributed by atoms with van der Waals surface area (Å²) in [6, 6.07) is 6.64. The third-order valence-corrected chi connectivity index (χ3v) is 3.90. The second-order valence-electron chi connectivity index (χ2n) is 5.17. The molecule has 2 unspecified atom stereocenters. The number of aryl methyl sites for hydroxylation is 1. The molecule has 1 fully saturated rings. The summed E-state index contributed by atoms with van der Waals surface area (Å²) in [6.45, 7) is 9.83. The average Bonchev–Trinajstić information content (AvgIpc) is 2.59. The van der Waals surface area contributed by atoms with E-state index in [1.165, 1.54) is 29.9 Å². The zero-order chi connectivity index (χ0) is 11.7. The quantitative estimate of drug-likeness (QED) is 0.826. The summed E-state index contributed by atoms with van der Waals surface area (Å²) in [6.07, 6.45) is 0. The Morgan fingerprint density at radius 1 is 1.25 bits per heavy atom. The summed E-state index contributed by atoms with van der Waals surface area (Å²) in [7, 11) is 0. The summed E-state index contributed by atoms with van der Waals surface area (Å²) in [4.78, 5) is 2.49. The molecule has 2 heteroatoms. The number of hydrogen-bond donors (Lipinski definition) is 1. The highest BCUT2D eigenvalue weighted by atomic mass is 15.2. The molecule has 0 spiro atoms. The zero-order valence-corrected chi connectivity index (χ0v) is 10.5.